The van der Waals surface area contributed by atoms with Crippen LogP contribution in [0, 0.1) is 10.5 Å². The molecule has 0 aliphatic heterocycles. The number of halogens is 2. The second-order valence-corrected chi connectivity index (χ2v) is 5.42. The van der Waals surface area contributed by atoms with Crippen LogP contribution >= 0.6 is 38.5 Å². The predicted octanol–water partition coefficient (Wildman–Crippen LogP) is 3.19. The van der Waals surface area contributed by atoms with Crippen molar-refractivity contribution >= 4 is 50.0 Å². The standard InChI is InChI=1S/C11H9BrIN3O/c1-6-4-7(2-3-8(6)12)16-10-9(13)11(17)15-5-14-10/h2-5H,1H3,(H2,14,15,16,17). The molecule has 0 fully saturated rings. The van der Waals surface area contributed by atoms with Gasteiger partial charge in [0.2, 0.25) is 0 Å². The average Bonchev–Trinajstić information content (AvgIpc) is 2.30. The smallest absolute Gasteiger partial charge is 0.266 e. The minimum absolute atomic E-state index is 0.142. The lowest BCUT2D eigenvalue weighted by atomic mass is 10.2. The molecule has 0 radical (unpaired) electrons. The van der Waals surface area contributed by atoms with Crippen LogP contribution in [0.2, 0.25) is 0 Å². The van der Waals surface area contributed by atoms with E-state index in [9.17, 15) is 4.79 Å². The van der Waals surface area contributed by atoms with Crippen molar-refractivity contribution in [1.82, 2.24) is 9.97 Å². The van der Waals surface area contributed by atoms with Gasteiger partial charge in [0.05, 0.1) is 6.33 Å². The zero-order valence-electron chi connectivity index (χ0n) is 8.92. The Morgan fingerprint density at radius 3 is 2.94 bits per heavy atom. The monoisotopic (exact) mass is 405 g/mol. The summed E-state index contributed by atoms with van der Waals surface area (Å²) in [5.74, 6) is 0.566. The van der Waals surface area contributed by atoms with E-state index in [2.05, 4.69) is 31.2 Å². The summed E-state index contributed by atoms with van der Waals surface area (Å²) in [7, 11) is 0. The van der Waals surface area contributed by atoms with E-state index in [1.165, 1.54) is 6.33 Å². The van der Waals surface area contributed by atoms with E-state index in [1.807, 2.05) is 47.7 Å². The van der Waals surface area contributed by atoms with Crippen molar-refractivity contribution in [2.45, 2.75) is 6.92 Å². The van der Waals surface area contributed by atoms with Gasteiger partial charge in [-0.2, -0.15) is 0 Å². The lowest BCUT2D eigenvalue weighted by Crippen LogP contribution is -2.12. The van der Waals surface area contributed by atoms with E-state index >= 15 is 0 Å². The fourth-order valence-electron chi connectivity index (χ4n) is 1.33. The molecule has 0 aliphatic rings. The highest BCUT2D eigenvalue weighted by Crippen LogP contribution is 2.23. The minimum Gasteiger partial charge on any atom is -0.339 e. The first-order valence-corrected chi connectivity index (χ1v) is 6.71. The third kappa shape index (κ3) is 2.86. The van der Waals surface area contributed by atoms with Gasteiger partial charge in [0.1, 0.15) is 3.57 Å². The molecule has 1 aromatic carbocycles. The molecule has 0 spiro atoms. The normalized spacial score (nSPS) is 10.3. The van der Waals surface area contributed by atoms with Crippen LogP contribution in [0.1, 0.15) is 5.56 Å². The molecule has 2 rings (SSSR count). The zero-order valence-corrected chi connectivity index (χ0v) is 12.7. The van der Waals surface area contributed by atoms with Gasteiger partial charge in [-0.1, -0.05) is 15.9 Å². The van der Waals surface area contributed by atoms with Crippen molar-refractivity contribution in [2.75, 3.05) is 5.32 Å². The van der Waals surface area contributed by atoms with Crippen LogP contribution in [-0.2, 0) is 0 Å². The third-order valence-corrected chi connectivity index (χ3v) is 4.11. The topological polar surface area (TPSA) is 57.8 Å². The molecule has 0 amide bonds. The first kappa shape index (κ1) is 12.6. The summed E-state index contributed by atoms with van der Waals surface area (Å²) in [6, 6.07) is 5.87. The predicted molar refractivity (Wildman–Crippen MR) is 79.7 cm³/mol. The van der Waals surface area contributed by atoms with Crippen molar-refractivity contribution in [2.24, 2.45) is 0 Å². The first-order chi connectivity index (χ1) is 8.08. The van der Waals surface area contributed by atoms with Gasteiger partial charge in [-0.15, -0.1) is 0 Å². The molecule has 17 heavy (non-hydrogen) atoms. The zero-order chi connectivity index (χ0) is 12.4. The van der Waals surface area contributed by atoms with E-state index in [-0.39, 0.29) is 5.56 Å². The largest absolute Gasteiger partial charge is 0.339 e. The number of nitrogens with one attached hydrogen (secondary N) is 2. The number of aromatic amines is 1. The number of hydrogen-bond donors (Lipinski definition) is 2. The summed E-state index contributed by atoms with van der Waals surface area (Å²) in [5.41, 5.74) is 1.88. The summed E-state index contributed by atoms with van der Waals surface area (Å²) in [6.07, 6.45) is 1.39. The van der Waals surface area contributed by atoms with Crippen LogP contribution in [0.5, 0.6) is 0 Å². The van der Waals surface area contributed by atoms with Gasteiger partial charge in [-0.25, -0.2) is 4.98 Å². The van der Waals surface area contributed by atoms with Crippen molar-refractivity contribution in [1.29, 1.82) is 0 Å². The van der Waals surface area contributed by atoms with E-state index in [0.717, 1.165) is 15.7 Å². The Morgan fingerprint density at radius 2 is 2.24 bits per heavy atom. The molecule has 2 aromatic rings. The highest BCUT2D eigenvalue weighted by atomic mass is 127. The lowest BCUT2D eigenvalue weighted by molar-refractivity contribution is 1.10. The van der Waals surface area contributed by atoms with Gasteiger partial charge in [-0.05, 0) is 53.3 Å². The van der Waals surface area contributed by atoms with Gasteiger partial charge in [0, 0.05) is 10.2 Å². The molecule has 1 aromatic heterocycles. The first-order valence-electron chi connectivity index (χ1n) is 4.84. The maximum absolute atomic E-state index is 11.4. The van der Waals surface area contributed by atoms with E-state index in [1.54, 1.807) is 0 Å². The Morgan fingerprint density at radius 1 is 1.47 bits per heavy atom. The van der Waals surface area contributed by atoms with Crippen LogP contribution in [0.15, 0.2) is 33.8 Å². The van der Waals surface area contributed by atoms with E-state index < -0.39 is 0 Å². The lowest BCUT2D eigenvalue weighted by Gasteiger charge is -2.08. The molecular weight excluding hydrogens is 397 g/mol. The maximum atomic E-state index is 11.4. The minimum atomic E-state index is -0.142. The van der Waals surface area contributed by atoms with Crippen molar-refractivity contribution in [3.05, 3.63) is 48.5 Å². The Kier molecular flexibility index (Phi) is 3.82. The molecule has 0 atom stereocenters. The fourth-order valence-corrected chi connectivity index (χ4v) is 2.01. The Bertz CT molecular complexity index is 612. The Labute approximate surface area is 120 Å². The molecular formula is C11H9BrIN3O. The number of nitrogens with zero attached hydrogens (tertiary/aromatic N) is 1. The molecule has 0 aliphatic carbocycles. The summed E-state index contributed by atoms with van der Waals surface area (Å²) in [5, 5.41) is 3.12. The molecule has 6 heteroatoms. The number of anilines is 2. The van der Waals surface area contributed by atoms with Gasteiger partial charge < -0.3 is 10.3 Å². The molecule has 0 saturated carbocycles. The second kappa shape index (κ2) is 5.18. The molecule has 2 N–H and O–H groups in total. The number of aryl methyl sites for hydroxylation is 1. The molecule has 4 nitrogen and oxygen atoms in total. The van der Waals surface area contributed by atoms with E-state index in [0.29, 0.717) is 9.39 Å². The van der Waals surface area contributed by atoms with Gasteiger partial charge in [0.25, 0.3) is 5.56 Å². The van der Waals surface area contributed by atoms with Crippen molar-refractivity contribution < 1.29 is 0 Å². The molecule has 1 heterocycles. The Balaban J connectivity index is 2.35. The molecule has 0 saturated heterocycles. The summed E-state index contributed by atoms with van der Waals surface area (Å²) < 4.78 is 1.60. The Hall–Kier alpha value is -0.890. The number of hydrogen-bond acceptors (Lipinski definition) is 3. The summed E-state index contributed by atoms with van der Waals surface area (Å²) in [6.45, 7) is 2.01. The number of aromatic nitrogens is 2. The molecule has 88 valence electrons. The number of benzene rings is 1. The van der Waals surface area contributed by atoms with E-state index in [4.69, 9.17) is 0 Å². The molecule has 0 bridgehead atoms. The highest BCUT2D eigenvalue weighted by molar-refractivity contribution is 14.1. The third-order valence-electron chi connectivity index (χ3n) is 2.22. The molecule has 0 unspecified atom stereocenters. The summed E-state index contributed by atoms with van der Waals surface area (Å²) in [4.78, 5) is 18.0. The van der Waals surface area contributed by atoms with Crippen LogP contribution in [0.3, 0.4) is 0 Å². The fraction of sp³-hybridized carbons (Fsp3) is 0.0909. The number of H-pyrrole nitrogens is 1. The van der Waals surface area contributed by atoms with Crippen LogP contribution in [0.4, 0.5) is 11.5 Å². The van der Waals surface area contributed by atoms with Crippen molar-refractivity contribution in [3.63, 3.8) is 0 Å². The number of rotatable bonds is 2. The SMILES string of the molecule is Cc1cc(Nc2nc[nH]c(=O)c2I)ccc1Br. The highest BCUT2D eigenvalue weighted by Gasteiger charge is 2.05. The van der Waals surface area contributed by atoms with Crippen molar-refractivity contribution in [3.8, 4) is 0 Å². The van der Waals surface area contributed by atoms with Gasteiger partial charge in [-0.3, -0.25) is 4.79 Å². The van der Waals surface area contributed by atoms with Gasteiger partial charge in [0.15, 0.2) is 5.82 Å². The quantitative estimate of drug-likeness (QED) is 0.754. The summed E-state index contributed by atoms with van der Waals surface area (Å²) >= 11 is 5.41. The second-order valence-electron chi connectivity index (χ2n) is 3.48. The maximum Gasteiger partial charge on any atom is 0.266 e. The van der Waals surface area contributed by atoms with Crippen LogP contribution < -0.4 is 10.9 Å². The van der Waals surface area contributed by atoms with Crippen LogP contribution in [-0.4, -0.2) is 9.97 Å². The van der Waals surface area contributed by atoms with Gasteiger partial charge >= 0.3 is 0 Å². The van der Waals surface area contributed by atoms with Crippen LogP contribution in [0.25, 0.3) is 0 Å². The average molecular weight is 406 g/mol.